The van der Waals surface area contributed by atoms with Crippen molar-refractivity contribution in [2.45, 2.75) is 40.0 Å². The van der Waals surface area contributed by atoms with Crippen LogP contribution in [0.4, 0.5) is 11.4 Å². The first kappa shape index (κ1) is 41.4. The van der Waals surface area contributed by atoms with Crippen LogP contribution in [-0.4, -0.2) is 47.9 Å². The summed E-state index contributed by atoms with van der Waals surface area (Å²) in [5.74, 6) is 1.00. The minimum absolute atomic E-state index is 0.0794. The Morgan fingerprint density at radius 1 is 0.724 bits per heavy atom. The smallest absolute Gasteiger partial charge is 0.291 e. The van der Waals surface area contributed by atoms with Gasteiger partial charge in [-0.1, -0.05) is 36.9 Å². The van der Waals surface area contributed by atoms with Crippen molar-refractivity contribution < 1.29 is 18.7 Å². The molecule has 5 aromatic rings. The number of nitrogens with two attached hydrogens (primary N) is 4. The van der Waals surface area contributed by atoms with E-state index in [9.17, 15) is 9.59 Å². The van der Waals surface area contributed by atoms with Gasteiger partial charge < -0.3 is 42.7 Å². The first-order valence-electron chi connectivity index (χ1n) is 18.1. The Kier molecular flexibility index (Phi) is 13.7. The molecule has 298 valence electrons. The van der Waals surface area contributed by atoms with E-state index in [1.165, 1.54) is 0 Å². The molecule has 0 fully saturated rings. The van der Waals surface area contributed by atoms with E-state index in [0.29, 0.717) is 34.1 Å². The number of nitrogens with one attached hydrogen (secondary N) is 3. The van der Waals surface area contributed by atoms with Gasteiger partial charge in [-0.25, -0.2) is 0 Å². The molecule has 0 radical (unpaired) electrons. The highest BCUT2D eigenvalue weighted by Gasteiger charge is 2.18. The van der Waals surface area contributed by atoms with E-state index in [0.717, 1.165) is 64.0 Å². The fourth-order valence-electron chi connectivity index (χ4n) is 5.70. The standard InChI is InChI=1S/C22H26N8O.C20H20N4O3/c1-13(27-28-14(2)23)15-6-9-18(10-7-15)26-21(31)17-8-11-19-16(12-17)4-3-5-20(19)29-30-22(24)25;1-12(23-24-13(2)21)14-4-6-16(7-5-14)22-20(25)19-11-15-10-17(26-3)8-9-18(15)27-19/h6-12,28H,2-5,23H2,1H3,(H,26,31)(H4,24,25,30);4-11H,1-3H3,(H2,21,24)(H,22,25)/b27-13-,29-20-;23-12-. The highest BCUT2D eigenvalue weighted by molar-refractivity contribution is 6.08. The molecule has 0 aliphatic heterocycles. The number of anilines is 2. The number of amides is 2. The van der Waals surface area contributed by atoms with Gasteiger partial charge in [-0.15, -0.1) is 10.2 Å². The van der Waals surface area contributed by atoms with Crippen molar-refractivity contribution in [3.63, 3.8) is 0 Å². The number of hydrogen-bond acceptors (Lipinski definition) is 11. The number of amidine groups is 1. The lowest BCUT2D eigenvalue weighted by Crippen LogP contribution is -2.22. The van der Waals surface area contributed by atoms with Crippen LogP contribution in [0.1, 0.15) is 76.8 Å². The van der Waals surface area contributed by atoms with Gasteiger partial charge in [0, 0.05) is 27.9 Å². The fourth-order valence-corrected chi connectivity index (χ4v) is 5.70. The quantitative estimate of drug-likeness (QED) is 0.0485. The van der Waals surface area contributed by atoms with E-state index in [2.05, 4.69) is 48.1 Å². The summed E-state index contributed by atoms with van der Waals surface area (Å²) in [5, 5.41) is 26.4. The minimum Gasteiger partial charge on any atom is -0.497 e. The number of aryl methyl sites for hydroxylation is 1. The summed E-state index contributed by atoms with van der Waals surface area (Å²) in [5.41, 5.74) is 32.9. The second-order valence-electron chi connectivity index (χ2n) is 13.1. The maximum absolute atomic E-state index is 12.7. The van der Waals surface area contributed by atoms with E-state index in [-0.39, 0.29) is 29.4 Å². The summed E-state index contributed by atoms with van der Waals surface area (Å²) in [6, 6.07) is 27.3. The SMILES string of the molecule is C=C(N)N/N=C(/C)c1ccc(NC(=O)c2ccc3c(c2)CCC/C3=N/N=C(N)N)cc1.COc1ccc2oc(C(=O)Nc3ccc(/C(C)=N\N=C(C)N)cc3)cc2c1. The zero-order valence-corrected chi connectivity index (χ0v) is 32.7. The minimum atomic E-state index is -0.327. The van der Waals surface area contributed by atoms with Crippen LogP contribution in [0.3, 0.4) is 0 Å². The van der Waals surface area contributed by atoms with Gasteiger partial charge in [0.2, 0.25) is 5.96 Å². The Labute approximate surface area is 335 Å². The molecular formula is C42H46N12O4. The van der Waals surface area contributed by atoms with Gasteiger partial charge in [-0.05, 0) is 117 Å². The van der Waals surface area contributed by atoms with E-state index in [1.54, 1.807) is 50.4 Å². The third-order valence-corrected chi connectivity index (χ3v) is 8.62. The molecule has 16 nitrogen and oxygen atoms in total. The van der Waals surface area contributed by atoms with Crippen molar-refractivity contribution in [1.29, 1.82) is 0 Å². The van der Waals surface area contributed by atoms with Gasteiger partial charge in [0.1, 0.15) is 23.0 Å². The zero-order chi connectivity index (χ0) is 41.8. The van der Waals surface area contributed by atoms with Gasteiger partial charge >= 0.3 is 0 Å². The van der Waals surface area contributed by atoms with Crippen LogP contribution in [-0.2, 0) is 6.42 Å². The summed E-state index contributed by atoms with van der Waals surface area (Å²) in [7, 11) is 1.59. The summed E-state index contributed by atoms with van der Waals surface area (Å²) < 4.78 is 10.8. The van der Waals surface area contributed by atoms with E-state index in [1.807, 2.05) is 68.4 Å². The summed E-state index contributed by atoms with van der Waals surface area (Å²) in [4.78, 5) is 25.2. The Morgan fingerprint density at radius 2 is 1.36 bits per heavy atom. The first-order valence-corrected chi connectivity index (χ1v) is 18.1. The molecule has 0 bridgehead atoms. The van der Waals surface area contributed by atoms with Crippen LogP contribution in [0, 0.1) is 0 Å². The number of benzene rings is 4. The van der Waals surface area contributed by atoms with Gasteiger partial charge in [0.25, 0.3) is 11.8 Å². The monoisotopic (exact) mass is 782 g/mol. The second kappa shape index (κ2) is 19.2. The predicted molar refractivity (Wildman–Crippen MR) is 231 cm³/mol. The molecule has 1 aliphatic rings. The number of carbonyl (C=O) groups excluding carboxylic acids is 2. The Morgan fingerprint density at radius 3 is 1.98 bits per heavy atom. The number of guanidine groups is 1. The van der Waals surface area contributed by atoms with Crippen molar-refractivity contribution in [2.75, 3.05) is 17.7 Å². The topological polar surface area (TPSA) is 258 Å². The van der Waals surface area contributed by atoms with E-state index >= 15 is 0 Å². The lowest BCUT2D eigenvalue weighted by atomic mass is 9.88. The Hall–Kier alpha value is -7.75. The molecule has 16 heteroatoms. The molecule has 1 aromatic heterocycles. The molecule has 0 saturated heterocycles. The molecule has 0 atom stereocenters. The largest absolute Gasteiger partial charge is 0.497 e. The number of carbonyl (C=O) groups is 2. The van der Waals surface area contributed by atoms with Crippen molar-refractivity contribution in [3.8, 4) is 5.75 Å². The second-order valence-corrected chi connectivity index (χ2v) is 13.1. The van der Waals surface area contributed by atoms with Gasteiger partial charge in [0.05, 0.1) is 24.2 Å². The maximum atomic E-state index is 12.7. The van der Waals surface area contributed by atoms with Crippen molar-refractivity contribution in [1.82, 2.24) is 5.43 Å². The molecule has 6 rings (SSSR count). The molecule has 2 amide bonds. The highest BCUT2D eigenvalue weighted by Crippen LogP contribution is 2.26. The number of rotatable bonds is 11. The summed E-state index contributed by atoms with van der Waals surface area (Å²) in [6.07, 6.45) is 2.58. The van der Waals surface area contributed by atoms with Crippen molar-refractivity contribution in [2.24, 2.45) is 48.4 Å². The first-order chi connectivity index (χ1) is 27.8. The number of fused-ring (bicyclic) bond motifs is 2. The molecule has 1 heterocycles. The van der Waals surface area contributed by atoms with E-state index in [4.69, 9.17) is 32.1 Å². The Balaban J connectivity index is 0.000000223. The number of hydrogen-bond donors (Lipinski definition) is 7. The number of nitrogens with zero attached hydrogens (tertiary/aromatic N) is 5. The third kappa shape index (κ3) is 11.4. The maximum Gasteiger partial charge on any atom is 0.291 e. The van der Waals surface area contributed by atoms with E-state index < -0.39 is 0 Å². The van der Waals surface area contributed by atoms with Gasteiger partial charge in [0.15, 0.2) is 5.76 Å². The Bertz CT molecular complexity index is 2450. The molecule has 0 spiro atoms. The lowest BCUT2D eigenvalue weighted by molar-refractivity contribution is 0.0996. The van der Waals surface area contributed by atoms with Crippen LogP contribution in [0.5, 0.6) is 5.75 Å². The van der Waals surface area contributed by atoms with Crippen LogP contribution in [0.15, 0.2) is 133 Å². The molecule has 4 aromatic carbocycles. The number of ether oxygens (including phenoxy) is 1. The number of hydrazone groups is 1. The third-order valence-electron chi connectivity index (χ3n) is 8.62. The number of methoxy groups -OCH3 is 1. The molecule has 0 saturated carbocycles. The van der Waals surface area contributed by atoms with Crippen LogP contribution in [0.25, 0.3) is 11.0 Å². The molecular weight excluding hydrogens is 737 g/mol. The van der Waals surface area contributed by atoms with Crippen LogP contribution in [0.2, 0.25) is 0 Å². The molecule has 58 heavy (non-hydrogen) atoms. The fraction of sp³-hybridized carbons (Fsp3) is 0.167. The van der Waals surface area contributed by atoms with Gasteiger partial charge in [-0.2, -0.15) is 15.3 Å². The van der Waals surface area contributed by atoms with Crippen molar-refractivity contribution in [3.05, 3.63) is 137 Å². The molecule has 11 N–H and O–H groups in total. The number of furan rings is 1. The van der Waals surface area contributed by atoms with Crippen LogP contribution < -0.4 is 43.7 Å². The highest BCUT2D eigenvalue weighted by atomic mass is 16.5. The predicted octanol–water partition coefficient (Wildman–Crippen LogP) is 5.79. The van der Waals surface area contributed by atoms with Gasteiger partial charge in [-0.3, -0.25) is 15.0 Å². The average molecular weight is 783 g/mol. The summed E-state index contributed by atoms with van der Waals surface area (Å²) in [6.45, 7) is 8.89. The normalized spacial score (nSPS) is 13.4. The van der Waals surface area contributed by atoms with Crippen LogP contribution >= 0.6 is 0 Å². The molecule has 1 aliphatic carbocycles. The zero-order valence-electron chi connectivity index (χ0n) is 32.7. The summed E-state index contributed by atoms with van der Waals surface area (Å²) >= 11 is 0. The lowest BCUT2D eigenvalue weighted by Gasteiger charge is -2.18. The molecule has 0 unspecified atom stereocenters. The van der Waals surface area contributed by atoms with Crippen molar-refractivity contribution >= 4 is 63.1 Å². The average Bonchev–Trinajstić information content (AvgIpc) is 3.65.